The SMILES string of the molecule is CCC(=O)N(C(=O)OC(C)(C)C)[C@H](C[C@H](C)C=O)C(=O)N1C(=O)C=C(OC)[C@@H]1C[C@H](C)C=O. The van der Waals surface area contributed by atoms with Crippen molar-refractivity contribution in [2.45, 2.75) is 78.5 Å². The van der Waals surface area contributed by atoms with Crippen molar-refractivity contribution in [1.82, 2.24) is 9.80 Å². The molecule has 1 aliphatic rings. The first-order chi connectivity index (χ1) is 15.3. The van der Waals surface area contributed by atoms with Crippen molar-refractivity contribution in [3.63, 3.8) is 0 Å². The van der Waals surface area contributed by atoms with Crippen LogP contribution in [0.25, 0.3) is 0 Å². The Kier molecular flexibility index (Phi) is 9.94. The third kappa shape index (κ3) is 7.23. The van der Waals surface area contributed by atoms with Crippen molar-refractivity contribution in [1.29, 1.82) is 0 Å². The van der Waals surface area contributed by atoms with Crippen LogP contribution in [0.1, 0.15) is 60.8 Å². The Bertz CT molecular complexity index is 814. The van der Waals surface area contributed by atoms with E-state index in [1.54, 1.807) is 27.7 Å². The van der Waals surface area contributed by atoms with E-state index in [9.17, 15) is 28.8 Å². The molecule has 10 heteroatoms. The fourth-order valence-electron chi connectivity index (χ4n) is 3.42. The number of carbonyl (C=O) groups excluding carboxylic acids is 6. The van der Waals surface area contributed by atoms with Gasteiger partial charge in [-0.15, -0.1) is 0 Å². The van der Waals surface area contributed by atoms with Crippen LogP contribution in [-0.4, -0.2) is 71.0 Å². The molecule has 0 aromatic heterocycles. The van der Waals surface area contributed by atoms with Crippen LogP contribution in [0.3, 0.4) is 0 Å². The highest BCUT2D eigenvalue weighted by atomic mass is 16.6. The average molecular weight is 467 g/mol. The maximum absolute atomic E-state index is 13.7. The molecule has 0 radical (unpaired) electrons. The zero-order chi connectivity index (χ0) is 25.5. The normalized spacial score (nSPS) is 18.6. The number of hydrogen-bond acceptors (Lipinski definition) is 8. The molecule has 184 valence electrons. The first-order valence-corrected chi connectivity index (χ1v) is 10.9. The second kappa shape index (κ2) is 11.7. The highest BCUT2D eigenvalue weighted by Gasteiger charge is 2.46. The van der Waals surface area contributed by atoms with Gasteiger partial charge in [-0.3, -0.25) is 19.3 Å². The van der Waals surface area contributed by atoms with Crippen molar-refractivity contribution in [2.24, 2.45) is 11.8 Å². The summed E-state index contributed by atoms with van der Waals surface area (Å²) in [7, 11) is 1.34. The van der Waals surface area contributed by atoms with Gasteiger partial charge in [0.25, 0.3) is 11.8 Å². The average Bonchev–Trinajstić information content (AvgIpc) is 3.05. The van der Waals surface area contributed by atoms with Crippen LogP contribution in [0, 0.1) is 11.8 Å². The summed E-state index contributed by atoms with van der Waals surface area (Å²) in [6.45, 7) is 9.52. The van der Waals surface area contributed by atoms with Crippen molar-refractivity contribution >= 4 is 36.4 Å². The molecule has 1 heterocycles. The summed E-state index contributed by atoms with van der Waals surface area (Å²) >= 11 is 0. The van der Waals surface area contributed by atoms with Crippen LogP contribution in [0.5, 0.6) is 0 Å². The fraction of sp³-hybridized carbons (Fsp3) is 0.652. The molecule has 0 N–H and O–H groups in total. The molecule has 0 fully saturated rings. The van der Waals surface area contributed by atoms with Gasteiger partial charge in [0.05, 0.1) is 13.2 Å². The zero-order valence-corrected chi connectivity index (χ0v) is 20.3. The molecule has 10 nitrogen and oxygen atoms in total. The van der Waals surface area contributed by atoms with Crippen molar-refractivity contribution in [2.75, 3.05) is 7.11 Å². The van der Waals surface area contributed by atoms with Crippen molar-refractivity contribution in [3.8, 4) is 0 Å². The maximum Gasteiger partial charge on any atom is 0.417 e. The van der Waals surface area contributed by atoms with E-state index in [2.05, 4.69) is 0 Å². The highest BCUT2D eigenvalue weighted by molar-refractivity contribution is 6.08. The lowest BCUT2D eigenvalue weighted by atomic mass is 9.98. The van der Waals surface area contributed by atoms with E-state index in [-0.39, 0.29) is 25.0 Å². The van der Waals surface area contributed by atoms with Gasteiger partial charge in [0.2, 0.25) is 5.91 Å². The first-order valence-electron chi connectivity index (χ1n) is 10.9. The number of methoxy groups -OCH3 is 1. The first kappa shape index (κ1) is 28.0. The van der Waals surface area contributed by atoms with Gasteiger partial charge in [-0.05, 0) is 33.6 Å². The molecule has 33 heavy (non-hydrogen) atoms. The Labute approximate surface area is 194 Å². The second-order valence-electron chi connectivity index (χ2n) is 9.12. The summed E-state index contributed by atoms with van der Waals surface area (Å²) < 4.78 is 10.6. The number of amides is 4. The molecule has 0 aromatic carbocycles. The summed E-state index contributed by atoms with van der Waals surface area (Å²) in [6, 6.07) is -2.35. The van der Waals surface area contributed by atoms with E-state index in [1.807, 2.05) is 0 Å². The predicted octanol–water partition coefficient (Wildman–Crippen LogP) is 2.25. The minimum atomic E-state index is -1.46. The molecule has 0 aromatic rings. The van der Waals surface area contributed by atoms with Crippen LogP contribution in [0.2, 0.25) is 0 Å². The Balaban J connectivity index is 3.50. The van der Waals surface area contributed by atoms with Gasteiger partial charge in [-0.2, -0.15) is 0 Å². The molecule has 4 atom stereocenters. The summed E-state index contributed by atoms with van der Waals surface area (Å²) in [6.07, 6.45) is 1.17. The third-order valence-corrected chi connectivity index (χ3v) is 5.03. The summed E-state index contributed by atoms with van der Waals surface area (Å²) in [5.41, 5.74) is -0.955. The van der Waals surface area contributed by atoms with E-state index in [1.165, 1.54) is 21.0 Å². The molecule has 0 saturated carbocycles. The zero-order valence-electron chi connectivity index (χ0n) is 20.3. The molecule has 1 aliphatic heterocycles. The minimum Gasteiger partial charge on any atom is -0.499 e. The Morgan fingerprint density at radius 3 is 2.18 bits per heavy atom. The number of rotatable bonds is 10. The maximum atomic E-state index is 13.7. The number of ether oxygens (including phenoxy) is 2. The molecule has 1 rings (SSSR count). The quantitative estimate of drug-likeness (QED) is 0.449. The largest absolute Gasteiger partial charge is 0.499 e. The molecule has 0 aliphatic carbocycles. The number of imide groups is 2. The summed E-state index contributed by atoms with van der Waals surface area (Å²) in [5.74, 6) is -3.25. The van der Waals surface area contributed by atoms with Crippen LogP contribution < -0.4 is 0 Å². The van der Waals surface area contributed by atoms with Crippen LogP contribution in [0.15, 0.2) is 11.8 Å². The smallest absolute Gasteiger partial charge is 0.417 e. The van der Waals surface area contributed by atoms with E-state index >= 15 is 0 Å². The lowest BCUT2D eigenvalue weighted by molar-refractivity contribution is -0.152. The molecule has 0 saturated heterocycles. The van der Waals surface area contributed by atoms with E-state index in [0.717, 1.165) is 11.0 Å². The Hall–Kier alpha value is -3.04. The summed E-state index contributed by atoms with van der Waals surface area (Å²) in [4.78, 5) is 76.3. The topological polar surface area (TPSA) is 127 Å². The predicted molar refractivity (Wildman–Crippen MR) is 118 cm³/mol. The Morgan fingerprint density at radius 2 is 1.73 bits per heavy atom. The highest BCUT2D eigenvalue weighted by Crippen LogP contribution is 2.29. The molecule has 4 amide bonds. The molecular weight excluding hydrogens is 432 g/mol. The van der Waals surface area contributed by atoms with Gasteiger partial charge in [-0.1, -0.05) is 20.8 Å². The van der Waals surface area contributed by atoms with Gasteiger partial charge in [0.15, 0.2) is 0 Å². The van der Waals surface area contributed by atoms with Crippen molar-refractivity contribution in [3.05, 3.63) is 11.8 Å². The van der Waals surface area contributed by atoms with E-state index in [4.69, 9.17) is 9.47 Å². The number of hydrogen-bond donors (Lipinski definition) is 0. The lowest BCUT2D eigenvalue weighted by Gasteiger charge is -2.35. The fourth-order valence-corrected chi connectivity index (χ4v) is 3.42. The monoisotopic (exact) mass is 466 g/mol. The number of nitrogens with zero attached hydrogens (tertiary/aromatic N) is 2. The van der Waals surface area contributed by atoms with Gasteiger partial charge >= 0.3 is 6.09 Å². The Morgan fingerprint density at radius 1 is 1.15 bits per heavy atom. The lowest BCUT2D eigenvalue weighted by Crippen LogP contribution is -2.57. The van der Waals surface area contributed by atoms with Gasteiger partial charge in [0.1, 0.15) is 30.0 Å². The minimum absolute atomic E-state index is 0.102. The number of carbonyl (C=O) groups is 6. The number of aldehydes is 2. The van der Waals surface area contributed by atoms with Gasteiger partial charge in [-0.25, -0.2) is 9.69 Å². The standard InChI is InChI=1S/C23H34N2O8/c1-8-19(28)25(22(31)33-23(4,5)6)17(10-15(3)13-27)21(30)24-16(9-14(2)12-26)18(32-7)11-20(24)29/h11-17H,8-10H2,1-7H3/t14-,15-,16-,17+/m0/s1. The summed E-state index contributed by atoms with van der Waals surface area (Å²) in [5, 5.41) is 0. The molecule has 0 bridgehead atoms. The molecule has 0 unspecified atom stereocenters. The van der Waals surface area contributed by atoms with Crippen molar-refractivity contribution < 1.29 is 38.2 Å². The molecule has 0 spiro atoms. The van der Waals surface area contributed by atoms with Crippen LogP contribution in [-0.2, 0) is 33.4 Å². The second-order valence-corrected chi connectivity index (χ2v) is 9.12. The molecular formula is C23H34N2O8. The van der Waals surface area contributed by atoms with Gasteiger partial charge < -0.3 is 19.1 Å². The van der Waals surface area contributed by atoms with Crippen LogP contribution >= 0.6 is 0 Å². The van der Waals surface area contributed by atoms with Gasteiger partial charge in [0, 0.05) is 24.3 Å². The van der Waals surface area contributed by atoms with E-state index in [0.29, 0.717) is 17.5 Å². The third-order valence-electron chi connectivity index (χ3n) is 5.03. The van der Waals surface area contributed by atoms with Crippen LogP contribution in [0.4, 0.5) is 4.79 Å². The van der Waals surface area contributed by atoms with E-state index < -0.39 is 53.3 Å².